The zero-order valence-electron chi connectivity index (χ0n) is 15.2. The molecule has 0 aromatic heterocycles. The molecule has 0 saturated carbocycles. The number of hydrogen-bond donors (Lipinski definition) is 4. The van der Waals surface area contributed by atoms with Crippen LogP contribution in [0.3, 0.4) is 0 Å². The highest BCUT2D eigenvalue weighted by atomic mass is 16.6. The van der Waals surface area contributed by atoms with Crippen molar-refractivity contribution in [3.63, 3.8) is 0 Å². The van der Waals surface area contributed by atoms with Crippen LogP contribution in [0, 0.1) is 0 Å². The van der Waals surface area contributed by atoms with Gasteiger partial charge in [-0.05, 0) is 51.5 Å². The maximum absolute atomic E-state index is 12.1. The smallest absolute Gasteiger partial charge is 0.410 e. The molecule has 2 atom stereocenters. The maximum Gasteiger partial charge on any atom is 0.410 e. The van der Waals surface area contributed by atoms with Gasteiger partial charge in [0, 0.05) is 37.1 Å². The average molecular weight is 351 g/mol. The number of carbonyl (C=O) groups is 1. The molecule has 0 spiro atoms. The number of rotatable bonds is 6. The second-order valence-corrected chi connectivity index (χ2v) is 7.35. The zero-order chi connectivity index (χ0) is 18.4. The molecule has 0 bridgehead atoms. The maximum atomic E-state index is 12.1. The predicted octanol–water partition coefficient (Wildman–Crippen LogP) is 1.87. The van der Waals surface area contributed by atoms with Crippen molar-refractivity contribution < 1.29 is 19.7 Å². The van der Waals surface area contributed by atoms with Crippen molar-refractivity contribution in [2.45, 2.75) is 44.9 Å². The number of aliphatic hydroxyl groups excluding tert-OH is 2. The van der Waals surface area contributed by atoms with Crippen LogP contribution in [0.5, 0.6) is 0 Å². The molecular formula is C18H29N3O4. The summed E-state index contributed by atoms with van der Waals surface area (Å²) < 4.78 is 5.40. The van der Waals surface area contributed by atoms with Crippen molar-refractivity contribution in [1.82, 2.24) is 4.90 Å². The SMILES string of the molecule is CC(C)(C)OC(=O)N1CCC(Nc2ccc(NCC(O)CO)cc2)C1. The molecule has 1 fully saturated rings. The van der Waals surface area contributed by atoms with Crippen LogP contribution in [-0.4, -0.2) is 65.2 Å². The summed E-state index contributed by atoms with van der Waals surface area (Å²) in [7, 11) is 0. The minimum Gasteiger partial charge on any atom is -0.444 e. The second kappa shape index (κ2) is 8.40. The van der Waals surface area contributed by atoms with E-state index in [-0.39, 0.29) is 18.7 Å². The van der Waals surface area contributed by atoms with E-state index in [2.05, 4.69) is 10.6 Å². The highest BCUT2D eigenvalue weighted by Gasteiger charge is 2.29. The first-order chi connectivity index (χ1) is 11.8. The molecule has 0 aliphatic carbocycles. The summed E-state index contributed by atoms with van der Waals surface area (Å²) in [6, 6.07) is 7.91. The third kappa shape index (κ3) is 6.43. The molecule has 4 N–H and O–H groups in total. The lowest BCUT2D eigenvalue weighted by molar-refractivity contribution is 0.0293. The van der Waals surface area contributed by atoms with E-state index in [4.69, 9.17) is 9.84 Å². The summed E-state index contributed by atoms with van der Waals surface area (Å²) >= 11 is 0. The fourth-order valence-electron chi connectivity index (χ4n) is 2.59. The highest BCUT2D eigenvalue weighted by Crippen LogP contribution is 2.20. The summed E-state index contributed by atoms with van der Waals surface area (Å²) in [6.07, 6.45) is -0.156. The van der Waals surface area contributed by atoms with E-state index in [1.165, 1.54) is 0 Å². The highest BCUT2D eigenvalue weighted by molar-refractivity contribution is 5.68. The van der Waals surface area contributed by atoms with Crippen molar-refractivity contribution in [3.05, 3.63) is 24.3 Å². The molecule has 1 heterocycles. The van der Waals surface area contributed by atoms with Crippen LogP contribution in [0.4, 0.5) is 16.2 Å². The molecule has 1 aliphatic heterocycles. The van der Waals surface area contributed by atoms with E-state index in [1.807, 2.05) is 45.0 Å². The molecule has 1 aromatic carbocycles. The van der Waals surface area contributed by atoms with Crippen LogP contribution in [0.15, 0.2) is 24.3 Å². The third-order valence-corrected chi connectivity index (χ3v) is 3.85. The largest absolute Gasteiger partial charge is 0.444 e. The summed E-state index contributed by atoms with van der Waals surface area (Å²) in [4.78, 5) is 13.8. The van der Waals surface area contributed by atoms with Gasteiger partial charge in [-0.3, -0.25) is 0 Å². The van der Waals surface area contributed by atoms with Crippen LogP contribution >= 0.6 is 0 Å². The van der Waals surface area contributed by atoms with Gasteiger partial charge in [0.25, 0.3) is 0 Å². The summed E-state index contributed by atoms with van der Waals surface area (Å²) in [5, 5.41) is 24.6. The molecule has 1 aromatic rings. The van der Waals surface area contributed by atoms with Gasteiger partial charge in [-0.1, -0.05) is 0 Å². The number of anilines is 2. The predicted molar refractivity (Wildman–Crippen MR) is 97.9 cm³/mol. The number of aliphatic hydroxyl groups is 2. The number of ether oxygens (including phenoxy) is 1. The molecule has 2 unspecified atom stereocenters. The molecule has 1 amide bonds. The van der Waals surface area contributed by atoms with Gasteiger partial charge in [-0.15, -0.1) is 0 Å². The summed E-state index contributed by atoms with van der Waals surface area (Å²) in [6.45, 7) is 6.95. The van der Waals surface area contributed by atoms with Gasteiger partial charge in [0.1, 0.15) is 5.60 Å². The van der Waals surface area contributed by atoms with E-state index in [0.29, 0.717) is 19.6 Å². The normalized spacial score (nSPS) is 18.8. The van der Waals surface area contributed by atoms with Gasteiger partial charge in [0.2, 0.25) is 0 Å². The first-order valence-electron chi connectivity index (χ1n) is 8.64. The van der Waals surface area contributed by atoms with Gasteiger partial charge in [-0.2, -0.15) is 0 Å². The Bertz CT molecular complexity index is 556. The quantitative estimate of drug-likeness (QED) is 0.625. The van der Waals surface area contributed by atoms with Crippen LogP contribution < -0.4 is 10.6 Å². The van der Waals surface area contributed by atoms with E-state index < -0.39 is 11.7 Å². The Labute approximate surface area is 149 Å². The first-order valence-corrected chi connectivity index (χ1v) is 8.64. The number of amides is 1. The zero-order valence-corrected chi connectivity index (χ0v) is 15.2. The monoisotopic (exact) mass is 351 g/mol. The van der Waals surface area contributed by atoms with Crippen molar-refractivity contribution in [1.29, 1.82) is 0 Å². The minimum absolute atomic E-state index is 0.197. The molecule has 2 rings (SSSR count). The van der Waals surface area contributed by atoms with E-state index in [0.717, 1.165) is 17.8 Å². The molecule has 1 aliphatic rings. The van der Waals surface area contributed by atoms with Crippen molar-refractivity contribution >= 4 is 17.5 Å². The number of hydrogen-bond acceptors (Lipinski definition) is 6. The van der Waals surface area contributed by atoms with Crippen LogP contribution in [0.25, 0.3) is 0 Å². The fourth-order valence-corrected chi connectivity index (χ4v) is 2.59. The second-order valence-electron chi connectivity index (χ2n) is 7.35. The van der Waals surface area contributed by atoms with Crippen molar-refractivity contribution in [2.24, 2.45) is 0 Å². The lowest BCUT2D eigenvalue weighted by atomic mass is 10.2. The molecule has 7 nitrogen and oxygen atoms in total. The topological polar surface area (TPSA) is 94.1 Å². The Hall–Kier alpha value is -1.99. The molecule has 1 saturated heterocycles. The van der Waals surface area contributed by atoms with E-state index in [9.17, 15) is 9.90 Å². The van der Waals surface area contributed by atoms with Gasteiger partial charge in [0.15, 0.2) is 0 Å². The van der Waals surface area contributed by atoms with Gasteiger partial charge in [0.05, 0.1) is 12.7 Å². The Morgan fingerprint density at radius 1 is 1.32 bits per heavy atom. The number of carbonyl (C=O) groups excluding carboxylic acids is 1. The van der Waals surface area contributed by atoms with E-state index >= 15 is 0 Å². The summed E-state index contributed by atoms with van der Waals surface area (Å²) in [5.74, 6) is 0. The van der Waals surface area contributed by atoms with E-state index in [1.54, 1.807) is 4.90 Å². The number of nitrogens with one attached hydrogen (secondary N) is 2. The Kier molecular flexibility index (Phi) is 6.50. The van der Waals surface area contributed by atoms with Gasteiger partial charge < -0.3 is 30.5 Å². The molecular weight excluding hydrogens is 322 g/mol. The van der Waals surface area contributed by atoms with Crippen LogP contribution in [0.2, 0.25) is 0 Å². The van der Waals surface area contributed by atoms with Crippen LogP contribution in [0.1, 0.15) is 27.2 Å². The number of benzene rings is 1. The Morgan fingerprint density at radius 2 is 1.96 bits per heavy atom. The minimum atomic E-state index is -0.768. The average Bonchev–Trinajstić information content (AvgIpc) is 3.01. The molecule has 0 radical (unpaired) electrons. The lowest BCUT2D eigenvalue weighted by Gasteiger charge is -2.24. The van der Waals surface area contributed by atoms with Gasteiger partial charge in [-0.25, -0.2) is 4.79 Å². The Morgan fingerprint density at radius 3 is 2.56 bits per heavy atom. The molecule has 7 heteroatoms. The lowest BCUT2D eigenvalue weighted by Crippen LogP contribution is -2.36. The standard InChI is InChI=1S/C18H29N3O4/c1-18(2,3)25-17(24)21-9-8-15(11-21)20-14-6-4-13(5-7-14)19-10-16(23)12-22/h4-7,15-16,19-20,22-23H,8-12H2,1-3H3. The van der Waals surface area contributed by atoms with Crippen molar-refractivity contribution in [2.75, 3.05) is 36.9 Å². The van der Waals surface area contributed by atoms with Crippen LogP contribution in [-0.2, 0) is 4.74 Å². The number of nitrogens with zero attached hydrogens (tertiary/aromatic N) is 1. The number of likely N-dealkylation sites (tertiary alicyclic amines) is 1. The Balaban J connectivity index is 1.80. The molecule has 25 heavy (non-hydrogen) atoms. The fraction of sp³-hybridized carbons (Fsp3) is 0.611. The van der Waals surface area contributed by atoms with Crippen molar-refractivity contribution in [3.8, 4) is 0 Å². The third-order valence-electron chi connectivity index (χ3n) is 3.85. The summed E-state index contributed by atoms with van der Waals surface area (Å²) in [5.41, 5.74) is 1.37. The molecule has 140 valence electrons. The first kappa shape index (κ1) is 19.3. The van der Waals surface area contributed by atoms with Gasteiger partial charge >= 0.3 is 6.09 Å².